The van der Waals surface area contributed by atoms with Gasteiger partial charge in [-0.1, -0.05) is 0 Å². The van der Waals surface area contributed by atoms with E-state index in [9.17, 15) is 26.3 Å². The number of pyridine rings is 1. The fourth-order valence-electron chi connectivity index (χ4n) is 2.10. The van der Waals surface area contributed by atoms with Gasteiger partial charge in [0.1, 0.15) is 5.69 Å². The number of halogens is 7. The zero-order valence-corrected chi connectivity index (χ0v) is 12.4. The largest absolute Gasteiger partial charge is 0.433 e. The highest BCUT2D eigenvalue weighted by atomic mass is 79.9. The second kappa shape index (κ2) is 5.22. The lowest BCUT2D eigenvalue weighted by atomic mass is 10.1. The molecule has 3 aromatic rings. The van der Waals surface area contributed by atoms with Crippen LogP contribution in [0, 0.1) is 17.5 Å². The lowest BCUT2D eigenvalue weighted by Crippen LogP contribution is -2.13. The SMILES string of the molecule is Fc1ccc(-c2ccc(C(F)(F)F)n3nc(Br)nc23)c(F)c1F. The second-order valence-electron chi connectivity index (χ2n) is 4.47. The standard InChI is InChI=1S/C13H4BrF6N3/c14-12-21-11-6(5-1-3-7(15)10(17)9(5)16)2-4-8(13(18,19)20)23(11)22-12/h1-4H. The van der Waals surface area contributed by atoms with Crippen molar-refractivity contribution < 1.29 is 26.3 Å². The van der Waals surface area contributed by atoms with Gasteiger partial charge in [-0.15, -0.1) is 5.10 Å². The number of nitrogens with zero attached hydrogens (tertiary/aromatic N) is 3. The molecular weight excluding hydrogens is 392 g/mol. The molecule has 10 heteroatoms. The van der Waals surface area contributed by atoms with Crippen molar-refractivity contribution in [1.29, 1.82) is 0 Å². The van der Waals surface area contributed by atoms with Crippen LogP contribution in [0.1, 0.15) is 5.69 Å². The summed E-state index contributed by atoms with van der Waals surface area (Å²) in [5.41, 5.74) is -2.08. The number of benzene rings is 1. The zero-order chi connectivity index (χ0) is 16.9. The highest BCUT2D eigenvalue weighted by Gasteiger charge is 2.35. The monoisotopic (exact) mass is 395 g/mol. The van der Waals surface area contributed by atoms with Crippen molar-refractivity contribution in [2.24, 2.45) is 0 Å². The minimum atomic E-state index is -4.73. The summed E-state index contributed by atoms with van der Waals surface area (Å²) in [6.07, 6.45) is -4.73. The van der Waals surface area contributed by atoms with Crippen LogP contribution in [0.25, 0.3) is 16.8 Å². The van der Waals surface area contributed by atoms with E-state index in [0.717, 1.165) is 12.1 Å². The molecule has 2 aromatic heterocycles. The maximum Gasteiger partial charge on any atom is 0.433 e. The second-order valence-corrected chi connectivity index (χ2v) is 5.18. The van der Waals surface area contributed by atoms with Gasteiger partial charge >= 0.3 is 6.18 Å². The van der Waals surface area contributed by atoms with E-state index in [-0.39, 0.29) is 15.9 Å². The molecule has 0 unspecified atom stereocenters. The Bertz CT molecular complexity index is 918. The average Bonchev–Trinajstić information content (AvgIpc) is 2.84. The van der Waals surface area contributed by atoms with Crippen LogP contribution in [0.3, 0.4) is 0 Å². The fraction of sp³-hybridized carbons (Fsp3) is 0.0769. The van der Waals surface area contributed by atoms with Gasteiger partial charge in [0.05, 0.1) is 0 Å². The predicted molar refractivity (Wildman–Crippen MR) is 71.0 cm³/mol. The Morgan fingerprint density at radius 1 is 0.913 bits per heavy atom. The maximum absolute atomic E-state index is 13.9. The summed E-state index contributed by atoms with van der Waals surface area (Å²) in [6.45, 7) is 0. The van der Waals surface area contributed by atoms with E-state index >= 15 is 0 Å². The Hall–Kier alpha value is -2.10. The molecular formula is C13H4BrF6N3. The molecule has 0 amide bonds. The van der Waals surface area contributed by atoms with E-state index in [1.165, 1.54) is 0 Å². The molecule has 1 aromatic carbocycles. The summed E-state index contributed by atoms with van der Waals surface area (Å²) in [7, 11) is 0. The van der Waals surface area contributed by atoms with Crippen LogP contribution in [-0.2, 0) is 6.18 Å². The molecule has 0 fully saturated rings. The van der Waals surface area contributed by atoms with Gasteiger partial charge < -0.3 is 0 Å². The summed E-state index contributed by atoms with van der Waals surface area (Å²) in [4.78, 5) is 3.74. The van der Waals surface area contributed by atoms with Crippen molar-refractivity contribution in [3.63, 3.8) is 0 Å². The average molecular weight is 396 g/mol. The number of fused-ring (bicyclic) bond motifs is 1. The molecule has 0 aliphatic rings. The molecule has 2 heterocycles. The maximum atomic E-state index is 13.9. The van der Waals surface area contributed by atoms with Crippen molar-refractivity contribution in [2.45, 2.75) is 6.18 Å². The van der Waals surface area contributed by atoms with Crippen LogP contribution in [-0.4, -0.2) is 14.6 Å². The molecule has 0 N–H and O–H groups in total. The van der Waals surface area contributed by atoms with Crippen LogP contribution in [0.2, 0.25) is 0 Å². The summed E-state index contributed by atoms with van der Waals surface area (Å²) in [6, 6.07) is 3.17. The van der Waals surface area contributed by atoms with Crippen LogP contribution >= 0.6 is 15.9 Å². The van der Waals surface area contributed by atoms with Crippen LogP contribution < -0.4 is 0 Å². The van der Waals surface area contributed by atoms with E-state index in [0.29, 0.717) is 16.6 Å². The Kier molecular flexibility index (Phi) is 3.58. The first-order chi connectivity index (χ1) is 10.7. The molecule has 0 aliphatic carbocycles. The number of hydrogen-bond acceptors (Lipinski definition) is 2. The smallest absolute Gasteiger partial charge is 0.207 e. The Morgan fingerprint density at radius 2 is 1.57 bits per heavy atom. The van der Waals surface area contributed by atoms with Gasteiger partial charge in [-0.25, -0.2) is 22.7 Å². The predicted octanol–water partition coefficient (Wildman–Crippen LogP) is 4.59. The van der Waals surface area contributed by atoms with Gasteiger partial charge in [0.15, 0.2) is 23.1 Å². The molecule has 0 radical (unpaired) electrons. The van der Waals surface area contributed by atoms with Crippen molar-refractivity contribution in [3.05, 3.63) is 52.1 Å². The number of aromatic nitrogens is 3. The van der Waals surface area contributed by atoms with Gasteiger partial charge in [-0.3, -0.25) is 0 Å². The summed E-state index contributed by atoms with van der Waals surface area (Å²) >= 11 is 2.84. The van der Waals surface area contributed by atoms with Gasteiger partial charge in [-0.05, 0) is 40.2 Å². The third-order valence-electron chi connectivity index (χ3n) is 3.07. The first-order valence-electron chi connectivity index (χ1n) is 5.96. The molecule has 0 saturated heterocycles. The molecule has 23 heavy (non-hydrogen) atoms. The Balaban J connectivity index is 2.35. The van der Waals surface area contributed by atoms with Crippen molar-refractivity contribution in [2.75, 3.05) is 0 Å². The number of hydrogen-bond donors (Lipinski definition) is 0. The Morgan fingerprint density at radius 3 is 2.22 bits per heavy atom. The normalized spacial score (nSPS) is 12.1. The highest BCUT2D eigenvalue weighted by molar-refractivity contribution is 9.10. The molecule has 3 nitrogen and oxygen atoms in total. The molecule has 120 valence electrons. The van der Waals surface area contributed by atoms with Gasteiger partial charge in [0, 0.05) is 11.1 Å². The molecule has 3 rings (SSSR count). The molecule has 0 spiro atoms. The summed E-state index contributed by atoms with van der Waals surface area (Å²) in [5.74, 6) is -4.65. The van der Waals surface area contributed by atoms with E-state index in [4.69, 9.17) is 0 Å². The lowest BCUT2D eigenvalue weighted by Gasteiger charge is -2.11. The van der Waals surface area contributed by atoms with E-state index in [1.807, 2.05) is 0 Å². The van der Waals surface area contributed by atoms with Gasteiger partial charge in [-0.2, -0.15) is 13.2 Å². The quantitative estimate of drug-likeness (QED) is 0.445. The zero-order valence-electron chi connectivity index (χ0n) is 10.8. The number of alkyl halides is 3. The third-order valence-corrected chi connectivity index (χ3v) is 3.41. The lowest BCUT2D eigenvalue weighted by molar-refractivity contribution is -0.142. The van der Waals surface area contributed by atoms with Gasteiger partial charge in [0.25, 0.3) is 0 Å². The van der Waals surface area contributed by atoms with Crippen LogP contribution in [0.4, 0.5) is 26.3 Å². The highest BCUT2D eigenvalue weighted by Crippen LogP contribution is 2.34. The van der Waals surface area contributed by atoms with E-state index in [1.54, 1.807) is 0 Å². The fourth-order valence-corrected chi connectivity index (χ4v) is 2.42. The minimum Gasteiger partial charge on any atom is -0.207 e. The summed E-state index contributed by atoms with van der Waals surface area (Å²) < 4.78 is 79.5. The van der Waals surface area contributed by atoms with Crippen molar-refractivity contribution in [3.8, 4) is 11.1 Å². The van der Waals surface area contributed by atoms with Crippen LogP contribution in [0.5, 0.6) is 0 Å². The molecule has 0 atom stereocenters. The third kappa shape index (κ3) is 2.56. The van der Waals surface area contributed by atoms with E-state index in [2.05, 4.69) is 26.0 Å². The Labute approximate surface area is 132 Å². The summed E-state index contributed by atoms with van der Waals surface area (Å²) in [5, 5.41) is 3.55. The molecule has 0 bridgehead atoms. The van der Waals surface area contributed by atoms with Crippen molar-refractivity contribution >= 4 is 21.6 Å². The van der Waals surface area contributed by atoms with E-state index < -0.39 is 34.9 Å². The van der Waals surface area contributed by atoms with Crippen LogP contribution in [0.15, 0.2) is 29.0 Å². The first-order valence-corrected chi connectivity index (χ1v) is 6.76. The minimum absolute atomic E-state index is 0.160. The van der Waals surface area contributed by atoms with Gasteiger partial charge in [0.2, 0.25) is 4.73 Å². The number of rotatable bonds is 1. The molecule has 0 saturated carbocycles. The first kappa shape index (κ1) is 15.8. The molecule has 0 aliphatic heterocycles. The van der Waals surface area contributed by atoms with Crippen molar-refractivity contribution in [1.82, 2.24) is 14.6 Å². The topological polar surface area (TPSA) is 30.2 Å².